The second-order valence-corrected chi connectivity index (χ2v) is 7.97. The van der Waals surface area contributed by atoms with Crippen molar-refractivity contribution in [1.82, 2.24) is 9.62 Å². The third-order valence-corrected chi connectivity index (χ3v) is 5.38. The Morgan fingerprint density at radius 2 is 2.29 bits per heavy atom. The largest absolute Gasteiger partial charge is 0.448 e. The highest BCUT2D eigenvalue weighted by molar-refractivity contribution is 7.88. The van der Waals surface area contributed by atoms with E-state index in [-0.39, 0.29) is 6.04 Å². The maximum atomic E-state index is 11.7. The molecule has 1 aliphatic rings. The molecule has 1 aromatic heterocycles. The molecule has 0 amide bonds. The number of piperidine rings is 1. The Kier molecular flexibility index (Phi) is 5.71. The maximum Gasteiger partial charge on any atom is 0.211 e. The van der Waals surface area contributed by atoms with Gasteiger partial charge in [0.15, 0.2) is 5.22 Å². The minimum absolute atomic E-state index is 0.0759. The summed E-state index contributed by atoms with van der Waals surface area (Å²) in [4.78, 5) is 0. The molecule has 0 bridgehead atoms. The van der Waals surface area contributed by atoms with E-state index in [0.717, 1.165) is 31.6 Å². The smallest absolute Gasteiger partial charge is 0.211 e. The summed E-state index contributed by atoms with van der Waals surface area (Å²) in [6.07, 6.45) is 4.09. The van der Waals surface area contributed by atoms with E-state index in [1.54, 1.807) is 10.4 Å². The second kappa shape index (κ2) is 7.13. The van der Waals surface area contributed by atoms with Gasteiger partial charge in [0.2, 0.25) is 10.0 Å². The van der Waals surface area contributed by atoms with Gasteiger partial charge in [-0.25, -0.2) is 12.7 Å². The fraction of sp³-hybridized carbons (Fsp3) is 0.714. The van der Waals surface area contributed by atoms with Crippen LogP contribution in [-0.4, -0.2) is 38.6 Å². The molecule has 1 fully saturated rings. The van der Waals surface area contributed by atoms with Crippen molar-refractivity contribution in [3.8, 4) is 0 Å². The Morgan fingerprint density at radius 1 is 1.52 bits per heavy atom. The molecule has 0 spiro atoms. The predicted octanol–water partition coefficient (Wildman–Crippen LogP) is 2.65. The van der Waals surface area contributed by atoms with Crippen molar-refractivity contribution in [2.45, 2.75) is 32.2 Å². The van der Waals surface area contributed by atoms with E-state index in [1.165, 1.54) is 6.26 Å². The number of sulfonamides is 1. The third-order valence-electron chi connectivity index (χ3n) is 3.91. The Bertz CT molecular complexity index is 558. The molecule has 2 heterocycles. The normalized spacial score (nSPS) is 22.3. The summed E-state index contributed by atoms with van der Waals surface area (Å²) < 4.78 is 30.5. The quantitative estimate of drug-likeness (QED) is 0.868. The zero-order valence-corrected chi connectivity index (χ0v) is 14.1. The molecule has 0 radical (unpaired) electrons. The number of rotatable bonds is 6. The fourth-order valence-corrected chi connectivity index (χ4v) is 4.01. The third kappa shape index (κ3) is 4.71. The lowest BCUT2D eigenvalue weighted by atomic mass is 9.91. The van der Waals surface area contributed by atoms with Crippen LogP contribution in [0.15, 0.2) is 16.5 Å². The average molecular weight is 335 g/mol. The van der Waals surface area contributed by atoms with Crippen LogP contribution >= 0.6 is 11.6 Å². The van der Waals surface area contributed by atoms with Crippen molar-refractivity contribution < 1.29 is 12.8 Å². The van der Waals surface area contributed by atoms with E-state index in [2.05, 4.69) is 5.32 Å². The van der Waals surface area contributed by atoms with Gasteiger partial charge >= 0.3 is 0 Å². The van der Waals surface area contributed by atoms with Gasteiger partial charge in [0, 0.05) is 13.1 Å². The van der Waals surface area contributed by atoms with Gasteiger partial charge in [0.25, 0.3) is 0 Å². The average Bonchev–Trinajstić information content (AvgIpc) is 2.84. The lowest BCUT2D eigenvalue weighted by Crippen LogP contribution is -2.40. The summed E-state index contributed by atoms with van der Waals surface area (Å²) >= 11 is 5.85. The number of hydrogen-bond donors (Lipinski definition) is 1. The molecular weight excluding hydrogens is 312 g/mol. The zero-order chi connectivity index (χ0) is 15.5. The predicted molar refractivity (Wildman–Crippen MR) is 83.9 cm³/mol. The molecule has 0 saturated carbocycles. The molecule has 1 N–H and O–H groups in total. The molecule has 5 nitrogen and oxygen atoms in total. The minimum atomic E-state index is -3.10. The van der Waals surface area contributed by atoms with Gasteiger partial charge in [-0.1, -0.05) is 6.92 Å². The van der Waals surface area contributed by atoms with Crippen LogP contribution in [0, 0.1) is 5.92 Å². The Hall–Kier alpha value is -0.560. The minimum Gasteiger partial charge on any atom is -0.448 e. The van der Waals surface area contributed by atoms with E-state index in [9.17, 15) is 8.42 Å². The highest BCUT2D eigenvalue weighted by Crippen LogP contribution is 2.30. The van der Waals surface area contributed by atoms with Gasteiger partial charge in [-0.3, -0.25) is 0 Å². The second-order valence-electron chi connectivity index (χ2n) is 5.62. The molecule has 0 aliphatic carbocycles. The van der Waals surface area contributed by atoms with Crippen molar-refractivity contribution >= 4 is 21.6 Å². The molecule has 1 aromatic rings. The van der Waals surface area contributed by atoms with Gasteiger partial charge in [0.05, 0.1) is 12.3 Å². The molecule has 120 valence electrons. The first-order chi connectivity index (χ1) is 9.90. The number of furan rings is 1. The summed E-state index contributed by atoms with van der Waals surface area (Å²) in [6.45, 7) is 4.09. The molecule has 2 unspecified atom stereocenters. The van der Waals surface area contributed by atoms with Crippen LogP contribution in [0.2, 0.25) is 5.22 Å². The maximum absolute atomic E-state index is 11.7. The van der Waals surface area contributed by atoms with Crippen LogP contribution in [0.1, 0.15) is 38.0 Å². The lowest BCUT2D eigenvalue weighted by Gasteiger charge is -2.32. The highest BCUT2D eigenvalue weighted by atomic mass is 35.5. The van der Waals surface area contributed by atoms with Gasteiger partial charge in [0.1, 0.15) is 5.76 Å². The van der Waals surface area contributed by atoms with E-state index in [4.69, 9.17) is 16.0 Å². The van der Waals surface area contributed by atoms with Gasteiger partial charge in [-0.2, -0.15) is 0 Å². The first-order valence-electron chi connectivity index (χ1n) is 7.34. The Morgan fingerprint density at radius 3 is 2.86 bits per heavy atom. The Labute approximate surface area is 131 Å². The van der Waals surface area contributed by atoms with Crippen molar-refractivity contribution in [3.05, 3.63) is 23.1 Å². The number of hydrogen-bond acceptors (Lipinski definition) is 4. The molecule has 1 saturated heterocycles. The van der Waals surface area contributed by atoms with E-state index < -0.39 is 10.0 Å². The fourth-order valence-electron chi connectivity index (χ4n) is 2.92. The number of nitrogens with zero attached hydrogens (tertiary/aromatic N) is 1. The van der Waals surface area contributed by atoms with Gasteiger partial charge in [-0.05, 0) is 55.5 Å². The van der Waals surface area contributed by atoms with Gasteiger partial charge in [-0.15, -0.1) is 0 Å². The van der Waals surface area contributed by atoms with Crippen LogP contribution in [0.3, 0.4) is 0 Å². The topological polar surface area (TPSA) is 62.6 Å². The van der Waals surface area contributed by atoms with Crippen LogP contribution in [-0.2, 0) is 10.0 Å². The zero-order valence-electron chi connectivity index (χ0n) is 12.5. The van der Waals surface area contributed by atoms with Crippen molar-refractivity contribution in [1.29, 1.82) is 0 Å². The summed E-state index contributed by atoms with van der Waals surface area (Å²) in [7, 11) is -3.10. The highest BCUT2D eigenvalue weighted by Gasteiger charge is 2.28. The number of halogens is 1. The van der Waals surface area contributed by atoms with Crippen LogP contribution in [0.25, 0.3) is 0 Å². The summed E-state index contributed by atoms with van der Waals surface area (Å²) in [5, 5.41) is 3.78. The first kappa shape index (κ1) is 16.8. The standard InChI is InChI=1S/C14H23ClN2O3S/c1-3-16-12(13-6-7-14(15)20-13)9-11-5-4-8-17(10-11)21(2,18)19/h6-7,11-12,16H,3-5,8-10H2,1-2H3. The Balaban J connectivity index is 2.03. The lowest BCUT2D eigenvalue weighted by molar-refractivity contribution is 0.230. The molecule has 1 aliphatic heterocycles. The first-order valence-corrected chi connectivity index (χ1v) is 9.56. The molecule has 2 rings (SSSR count). The molecule has 21 heavy (non-hydrogen) atoms. The van der Waals surface area contributed by atoms with Crippen molar-refractivity contribution in [3.63, 3.8) is 0 Å². The van der Waals surface area contributed by atoms with Gasteiger partial charge < -0.3 is 9.73 Å². The monoisotopic (exact) mass is 334 g/mol. The van der Waals surface area contributed by atoms with E-state index >= 15 is 0 Å². The molecular formula is C14H23ClN2O3S. The summed E-state index contributed by atoms with van der Waals surface area (Å²) in [6, 6.07) is 3.70. The molecule has 2 atom stereocenters. The van der Waals surface area contributed by atoms with Crippen LogP contribution < -0.4 is 5.32 Å². The number of nitrogens with one attached hydrogen (secondary N) is 1. The summed E-state index contributed by atoms with van der Waals surface area (Å²) in [5.41, 5.74) is 0. The van der Waals surface area contributed by atoms with Crippen LogP contribution in [0.5, 0.6) is 0 Å². The SMILES string of the molecule is CCNC(CC1CCCN(S(C)(=O)=O)C1)c1ccc(Cl)o1. The van der Waals surface area contributed by atoms with E-state index in [0.29, 0.717) is 24.2 Å². The van der Waals surface area contributed by atoms with E-state index in [1.807, 2.05) is 13.0 Å². The van der Waals surface area contributed by atoms with Crippen molar-refractivity contribution in [2.75, 3.05) is 25.9 Å². The molecule has 7 heteroatoms. The summed E-state index contributed by atoms with van der Waals surface area (Å²) in [5.74, 6) is 1.15. The van der Waals surface area contributed by atoms with Crippen molar-refractivity contribution in [2.24, 2.45) is 5.92 Å². The molecule has 0 aromatic carbocycles. The van der Waals surface area contributed by atoms with Crippen LogP contribution in [0.4, 0.5) is 0 Å².